The third kappa shape index (κ3) is 3.40. The molecule has 0 N–H and O–H groups in total. The van der Waals surface area contributed by atoms with E-state index >= 15 is 0 Å². The minimum absolute atomic E-state index is 0.0679. The first-order valence-corrected chi connectivity index (χ1v) is 6.80. The van der Waals surface area contributed by atoms with E-state index in [1.165, 1.54) is 13.2 Å². The van der Waals surface area contributed by atoms with E-state index in [-0.39, 0.29) is 11.5 Å². The van der Waals surface area contributed by atoms with Crippen LogP contribution in [0.3, 0.4) is 0 Å². The molecule has 5 nitrogen and oxygen atoms in total. The zero-order chi connectivity index (χ0) is 17.0. The number of fused-ring (bicyclic) bond motifs is 1. The van der Waals surface area contributed by atoms with Crippen molar-refractivity contribution < 1.29 is 23.8 Å². The first-order valence-electron chi connectivity index (χ1n) is 6.80. The van der Waals surface area contributed by atoms with Crippen LogP contribution in [0.2, 0.25) is 0 Å². The van der Waals surface area contributed by atoms with Gasteiger partial charge in [-0.1, -0.05) is 30.9 Å². The molecule has 0 amide bonds. The van der Waals surface area contributed by atoms with Crippen LogP contribution >= 0.6 is 0 Å². The van der Waals surface area contributed by atoms with Crippen molar-refractivity contribution in [2.45, 2.75) is 6.92 Å². The monoisotopic (exact) mass is 312 g/mol. The van der Waals surface area contributed by atoms with Gasteiger partial charge in [-0.25, -0.2) is 9.59 Å². The first-order chi connectivity index (χ1) is 11.0. The molecule has 23 heavy (non-hydrogen) atoms. The summed E-state index contributed by atoms with van der Waals surface area (Å²) in [6, 6.07) is 7.00. The van der Waals surface area contributed by atoms with Gasteiger partial charge in [0.2, 0.25) is 0 Å². The van der Waals surface area contributed by atoms with Gasteiger partial charge in [0.25, 0.3) is 0 Å². The Labute approximate surface area is 133 Å². The smallest absolute Gasteiger partial charge is 0.335 e. The van der Waals surface area contributed by atoms with Gasteiger partial charge in [-0.05, 0) is 13.0 Å². The largest absolute Gasteiger partial charge is 0.496 e. The van der Waals surface area contributed by atoms with Gasteiger partial charge < -0.3 is 14.2 Å². The van der Waals surface area contributed by atoms with Crippen molar-refractivity contribution >= 4 is 22.7 Å². The molecule has 0 aliphatic carbocycles. The first kappa shape index (κ1) is 16.3. The summed E-state index contributed by atoms with van der Waals surface area (Å²) in [4.78, 5) is 23.2. The lowest BCUT2D eigenvalue weighted by atomic mass is 10.0. The molecular formula is C18H16O5. The van der Waals surface area contributed by atoms with Crippen LogP contribution in [0, 0.1) is 6.92 Å². The predicted octanol–water partition coefficient (Wildman–Crippen LogP) is 3.34. The third-order valence-corrected chi connectivity index (χ3v) is 3.14. The normalized spacial score (nSPS) is 10.0. The molecule has 0 aromatic heterocycles. The molecule has 0 spiro atoms. The Morgan fingerprint density at radius 3 is 2.22 bits per heavy atom. The fourth-order valence-electron chi connectivity index (χ4n) is 2.10. The number of rotatable bonds is 5. The molecule has 2 aromatic rings. The fraction of sp³-hybridized carbons (Fsp3) is 0.111. The average molecular weight is 312 g/mol. The lowest BCUT2D eigenvalue weighted by Gasteiger charge is -2.15. The number of carbonyl (C=O) groups is 2. The van der Waals surface area contributed by atoms with Crippen LogP contribution in [0.25, 0.3) is 10.8 Å². The van der Waals surface area contributed by atoms with E-state index in [1.807, 2.05) is 19.1 Å². The quantitative estimate of drug-likeness (QED) is 0.481. The standard InChI is InChI=1S/C18H16O5/c1-5-16(19)22-15-10-14(21-4)13-9-11(3)7-8-12(13)18(15)23-17(20)6-2/h5-10H,1-2H2,3-4H3. The van der Waals surface area contributed by atoms with Crippen molar-refractivity contribution in [3.8, 4) is 17.2 Å². The minimum Gasteiger partial charge on any atom is -0.496 e. The number of hydrogen-bond acceptors (Lipinski definition) is 5. The summed E-state index contributed by atoms with van der Waals surface area (Å²) in [6.45, 7) is 8.65. The van der Waals surface area contributed by atoms with Crippen LogP contribution in [0.15, 0.2) is 49.6 Å². The zero-order valence-corrected chi connectivity index (χ0v) is 12.9. The van der Waals surface area contributed by atoms with Crippen LogP contribution in [0.5, 0.6) is 17.2 Å². The summed E-state index contributed by atoms with van der Waals surface area (Å²) < 4.78 is 15.8. The fourth-order valence-corrected chi connectivity index (χ4v) is 2.10. The molecule has 118 valence electrons. The number of benzene rings is 2. The zero-order valence-electron chi connectivity index (χ0n) is 12.9. The molecule has 0 aliphatic rings. The Hall–Kier alpha value is -3.08. The SMILES string of the molecule is C=CC(=O)Oc1cc(OC)c2cc(C)ccc2c1OC(=O)C=C. The molecular weight excluding hydrogens is 296 g/mol. The summed E-state index contributed by atoms with van der Waals surface area (Å²) in [5.41, 5.74) is 1.01. The second-order valence-electron chi connectivity index (χ2n) is 4.71. The lowest BCUT2D eigenvalue weighted by Crippen LogP contribution is -2.09. The van der Waals surface area contributed by atoms with Gasteiger partial charge in [0.1, 0.15) is 5.75 Å². The van der Waals surface area contributed by atoms with E-state index in [2.05, 4.69) is 13.2 Å². The van der Waals surface area contributed by atoms with E-state index in [4.69, 9.17) is 14.2 Å². The van der Waals surface area contributed by atoms with E-state index < -0.39 is 11.9 Å². The van der Waals surface area contributed by atoms with E-state index in [1.54, 1.807) is 6.07 Å². The molecule has 5 heteroatoms. The topological polar surface area (TPSA) is 61.8 Å². The lowest BCUT2D eigenvalue weighted by molar-refractivity contribution is -0.131. The van der Waals surface area contributed by atoms with Gasteiger partial charge in [-0.2, -0.15) is 0 Å². The maximum Gasteiger partial charge on any atom is 0.335 e. The van der Waals surface area contributed by atoms with Crippen LogP contribution in [-0.2, 0) is 9.59 Å². The maximum absolute atomic E-state index is 11.6. The Morgan fingerprint density at radius 1 is 0.957 bits per heavy atom. The number of methoxy groups -OCH3 is 1. The molecule has 2 aromatic carbocycles. The molecule has 0 bridgehead atoms. The molecule has 0 heterocycles. The highest BCUT2D eigenvalue weighted by atomic mass is 16.6. The number of esters is 2. The summed E-state index contributed by atoms with van der Waals surface area (Å²) in [5, 5.41) is 1.31. The van der Waals surface area contributed by atoms with Crippen LogP contribution in [0.4, 0.5) is 0 Å². The van der Waals surface area contributed by atoms with Gasteiger partial charge in [0, 0.05) is 29.0 Å². The highest BCUT2D eigenvalue weighted by Gasteiger charge is 2.19. The van der Waals surface area contributed by atoms with Crippen LogP contribution < -0.4 is 14.2 Å². The van der Waals surface area contributed by atoms with Gasteiger partial charge in [-0.15, -0.1) is 0 Å². The van der Waals surface area contributed by atoms with Gasteiger partial charge in [0.15, 0.2) is 11.5 Å². The number of carbonyl (C=O) groups excluding carboxylic acids is 2. The van der Waals surface area contributed by atoms with Gasteiger partial charge in [0.05, 0.1) is 7.11 Å². The van der Waals surface area contributed by atoms with E-state index in [0.717, 1.165) is 23.1 Å². The highest BCUT2D eigenvalue weighted by molar-refractivity contribution is 5.99. The molecule has 0 atom stereocenters. The molecule has 0 aliphatic heterocycles. The molecule has 0 fully saturated rings. The second kappa shape index (κ2) is 6.79. The van der Waals surface area contributed by atoms with Crippen molar-refractivity contribution in [1.29, 1.82) is 0 Å². The van der Waals surface area contributed by atoms with Crippen molar-refractivity contribution in [2.24, 2.45) is 0 Å². The van der Waals surface area contributed by atoms with E-state index in [9.17, 15) is 9.59 Å². The maximum atomic E-state index is 11.6. The highest BCUT2D eigenvalue weighted by Crippen LogP contribution is 2.42. The third-order valence-electron chi connectivity index (χ3n) is 3.14. The average Bonchev–Trinajstić information content (AvgIpc) is 2.56. The number of aryl methyl sites for hydroxylation is 1. The van der Waals surface area contributed by atoms with Gasteiger partial charge >= 0.3 is 11.9 Å². The van der Waals surface area contributed by atoms with Crippen LogP contribution in [0.1, 0.15) is 5.56 Å². The molecule has 0 saturated heterocycles. The summed E-state index contributed by atoms with van der Waals surface area (Å²) in [6.07, 6.45) is 2.05. The predicted molar refractivity (Wildman–Crippen MR) is 86.9 cm³/mol. The van der Waals surface area contributed by atoms with Crippen molar-refractivity contribution in [1.82, 2.24) is 0 Å². The Morgan fingerprint density at radius 2 is 1.61 bits per heavy atom. The molecule has 0 saturated carbocycles. The van der Waals surface area contributed by atoms with Crippen molar-refractivity contribution in [2.75, 3.05) is 7.11 Å². The molecule has 0 unspecified atom stereocenters. The second-order valence-corrected chi connectivity index (χ2v) is 4.71. The van der Waals surface area contributed by atoms with Crippen LogP contribution in [-0.4, -0.2) is 19.0 Å². The summed E-state index contributed by atoms with van der Waals surface area (Å²) >= 11 is 0. The number of ether oxygens (including phenoxy) is 3. The Balaban J connectivity index is 2.75. The molecule has 2 rings (SSSR count). The minimum atomic E-state index is -0.672. The number of hydrogen-bond donors (Lipinski definition) is 0. The van der Waals surface area contributed by atoms with E-state index in [0.29, 0.717) is 11.1 Å². The van der Waals surface area contributed by atoms with Crippen molar-refractivity contribution in [3.63, 3.8) is 0 Å². The summed E-state index contributed by atoms with van der Waals surface area (Å²) in [5.74, 6) is -0.643. The Kier molecular flexibility index (Phi) is 4.81. The van der Waals surface area contributed by atoms with Gasteiger partial charge in [-0.3, -0.25) is 0 Å². The summed E-state index contributed by atoms with van der Waals surface area (Å²) in [7, 11) is 1.51. The Bertz CT molecular complexity index is 805. The molecule has 0 radical (unpaired) electrons. The van der Waals surface area contributed by atoms with Crippen molar-refractivity contribution in [3.05, 3.63) is 55.1 Å².